The first-order valence-electron chi connectivity index (χ1n) is 6.97. The number of hydrogen-bond donors (Lipinski definition) is 2. The van der Waals surface area contributed by atoms with Gasteiger partial charge in [-0.25, -0.2) is 0 Å². The highest BCUT2D eigenvalue weighted by Crippen LogP contribution is 2.17. The third-order valence-electron chi connectivity index (χ3n) is 3.39. The highest BCUT2D eigenvalue weighted by molar-refractivity contribution is 7.98. The molecule has 3 N–H and O–H groups in total. The first-order chi connectivity index (χ1) is 8.77. The predicted molar refractivity (Wildman–Crippen MR) is 78.8 cm³/mol. The minimum Gasteiger partial charge on any atom is -0.355 e. The molecule has 1 rings (SSSR count). The molecule has 0 aromatic rings. The summed E-state index contributed by atoms with van der Waals surface area (Å²) >= 11 is 1.91. The molecule has 1 saturated heterocycles. The number of hydrogen-bond acceptors (Lipinski definition) is 4. The summed E-state index contributed by atoms with van der Waals surface area (Å²) in [7, 11) is 0. The summed E-state index contributed by atoms with van der Waals surface area (Å²) in [5.41, 5.74) is 5.40. The average Bonchev–Trinajstić information content (AvgIpc) is 2.41. The zero-order valence-corrected chi connectivity index (χ0v) is 12.3. The molecule has 1 atom stereocenters. The average molecular weight is 273 g/mol. The molecule has 0 bridgehead atoms. The van der Waals surface area contributed by atoms with E-state index in [2.05, 4.69) is 16.5 Å². The highest BCUT2D eigenvalue weighted by atomic mass is 32.2. The number of nitrogens with two attached hydrogens (primary N) is 1. The number of likely N-dealkylation sites (tertiary alicyclic amines) is 1. The van der Waals surface area contributed by atoms with Crippen molar-refractivity contribution in [3.8, 4) is 0 Å². The molecule has 0 aromatic heterocycles. The van der Waals surface area contributed by atoms with E-state index in [1.54, 1.807) is 0 Å². The van der Waals surface area contributed by atoms with Crippen molar-refractivity contribution in [2.24, 2.45) is 11.7 Å². The van der Waals surface area contributed by atoms with Gasteiger partial charge in [0.25, 0.3) is 0 Å². The SMILES string of the molecule is CSCCCCN1CCCC(C(=O)NCCN)C1. The van der Waals surface area contributed by atoms with Crippen molar-refractivity contribution in [1.82, 2.24) is 10.2 Å². The topological polar surface area (TPSA) is 58.4 Å². The van der Waals surface area contributed by atoms with Crippen molar-refractivity contribution in [1.29, 1.82) is 0 Å². The number of nitrogens with one attached hydrogen (secondary N) is 1. The lowest BCUT2D eigenvalue weighted by atomic mass is 9.97. The van der Waals surface area contributed by atoms with E-state index in [1.807, 2.05) is 11.8 Å². The van der Waals surface area contributed by atoms with E-state index in [4.69, 9.17) is 5.73 Å². The van der Waals surface area contributed by atoms with Crippen molar-refractivity contribution in [3.63, 3.8) is 0 Å². The quantitative estimate of drug-likeness (QED) is 0.646. The summed E-state index contributed by atoms with van der Waals surface area (Å²) in [4.78, 5) is 14.3. The summed E-state index contributed by atoms with van der Waals surface area (Å²) in [5.74, 6) is 1.61. The van der Waals surface area contributed by atoms with Crippen LogP contribution in [-0.2, 0) is 4.79 Å². The second kappa shape index (κ2) is 9.64. The molecule has 0 aromatic carbocycles. The Kier molecular flexibility index (Phi) is 8.46. The molecule has 18 heavy (non-hydrogen) atoms. The van der Waals surface area contributed by atoms with Gasteiger partial charge in [0.15, 0.2) is 0 Å². The van der Waals surface area contributed by atoms with Crippen LogP contribution in [0.5, 0.6) is 0 Å². The molecule has 1 heterocycles. The van der Waals surface area contributed by atoms with Gasteiger partial charge in [0.1, 0.15) is 0 Å². The largest absolute Gasteiger partial charge is 0.355 e. The maximum absolute atomic E-state index is 11.9. The van der Waals surface area contributed by atoms with E-state index < -0.39 is 0 Å². The minimum absolute atomic E-state index is 0.172. The van der Waals surface area contributed by atoms with Crippen molar-refractivity contribution >= 4 is 17.7 Å². The predicted octanol–water partition coefficient (Wildman–Crippen LogP) is 0.917. The number of piperidine rings is 1. The smallest absolute Gasteiger partial charge is 0.224 e. The fourth-order valence-corrected chi connectivity index (χ4v) is 2.89. The molecular weight excluding hydrogens is 246 g/mol. The summed E-state index contributed by atoms with van der Waals surface area (Å²) in [5, 5.41) is 2.91. The molecule has 0 aliphatic carbocycles. The van der Waals surface area contributed by atoms with E-state index in [0.29, 0.717) is 13.1 Å². The standard InChI is InChI=1S/C13H27N3OS/c1-18-10-3-2-8-16-9-4-5-12(11-16)13(17)15-7-6-14/h12H,2-11,14H2,1H3,(H,15,17). The molecule has 0 radical (unpaired) electrons. The molecule has 4 nitrogen and oxygen atoms in total. The third-order valence-corrected chi connectivity index (χ3v) is 4.09. The van der Waals surface area contributed by atoms with Gasteiger partial charge in [-0.15, -0.1) is 0 Å². The van der Waals surface area contributed by atoms with Gasteiger partial charge >= 0.3 is 0 Å². The van der Waals surface area contributed by atoms with Gasteiger partial charge in [-0.3, -0.25) is 4.79 Å². The summed E-state index contributed by atoms with van der Waals surface area (Å²) in [6.07, 6.45) is 6.85. The second-order valence-electron chi connectivity index (χ2n) is 4.92. The van der Waals surface area contributed by atoms with Crippen molar-refractivity contribution in [3.05, 3.63) is 0 Å². The lowest BCUT2D eigenvalue weighted by Crippen LogP contribution is -2.44. The van der Waals surface area contributed by atoms with Crippen LogP contribution in [0.4, 0.5) is 0 Å². The van der Waals surface area contributed by atoms with Gasteiger partial charge in [0.05, 0.1) is 5.92 Å². The summed E-state index contributed by atoms with van der Waals surface area (Å²) in [6, 6.07) is 0. The van der Waals surface area contributed by atoms with Crippen molar-refractivity contribution < 1.29 is 4.79 Å². The molecule has 106 valence electrons. The first kappa shape index (κ1) is 15.8. The summed E-state index contributed by atoms with van der Waals surface area (Å²) in [6.45, 7) is 4.34. The van der Waals surface area contributed by atoms with Gasteiger partial charge in [-0.1, -0.05) is 0 Å². The van der Waals surface area contributed by atoms with Crippen LogP contribution in [0.1, 0.15) is 25.7 Å². The van der Waals surface area contributed by atoms with Gasteiger partial charge in [0.2, 0.25) is 5.91 Å². The Labute approximate surface area is 115 Å². The van der Waals surface area contributed by atoms with Crippen molar-refractivity contribution in [2.45, 2.75) is 25.7 Å². The number of rotatable bonds is 8. The van der Waals surface area contributed by atoms with E-state index in [0.717, 1.165) is 32.5 Å². The van der Waals surface area contributed by atoms with E-state index in [9.17, 15) is 4.79 Å². The zero-order valence-electron chi connectivity index (χ0n) is 11.5. The fraction of sp³-hybridized carbons (Fsp3) is 0.923. The number of carbonyl (C=O) groups is 1. The van der Waals surface area contributed by atoms with E-state index in [-0.39, 0.29) is 11.8 Å². The van der Waals surface area contributed by atoms with Crippen LogP contribution in [0.2, 0.25) is 0 Å². The van der Waals surface area contributed by atoms with Crippen LogP contribution in [-0.4, -0.2) is 55.5 Å². The number of carbonyl (C=O) groups excluding carboxylic acids is 1. The maximum Gasteiger partial charge on any atom is 0.224 e. The number of nitrogens with zero attached hydrogens (tertiary/aromatic N) is 1. The van der Waals surface area contributed by atoms with Gasteiger partial charge in [-0.05, 0) is 50.8 Å². The lowest BCUT2D eigenvalue weighted by molar-refractivity contribution is -0.126. The lowest BCUT2D eigenvalue weighted by Gasteiger charge is -2.31. The zero-order chi connectivity index (χ0) is 13.2. The highest BCUT2D eigenvalue weighted by Gasteiger charge is 2.24. The molecule has 1 aliphatic heterocycles. The maximum atomic E-state index is 11.9. The Hall–Kier alpha value is -0.260. The summed E-state index contributed by atoms with van der Waals surface area (Å²) < 4.78 is 0. The van der Waals surface area contributed by atoms with Gasteiger partial charge < -0.3 is 16.0 Å². The third kappa shape index (κ3) is 6.07. The monoisotopic (exact) mass is 273 g/mol. The van der Waals surface area contributed by atoms with Crippen LogP contribution < -0.4 is 11.1 Å². The molecule has 5 heteroatoms. The van der Waals surface area contributed by atoms with Gasteiger partial charge in [0, 0.05) is 19.6 Å². The fourth-order valence-electron chi connectivity index (χ4n) is 2.39. The molecule has 1 fully saturated rings. The molecular formula is C13H27N3OS. The normalized spacial score (nSPS) is 20.9. The van der Waals surface area contributed by atoms with Crippen LogP contribution in [0.25, 0.3) is 0 Å². The van der Waals surface area contributed by atoms with Crippen LogP contribution >= 0.6 is 11.8 Å². The number of unbranched alkanes of at least 4 members (excludes halogenated alkanes) is 1. The molecule has 1 aliphatic rings. The van der Waals surface area contributed by atoms with Crippen molar-refractivity contribution in [2.75, 3.05) is 44.7 Å². The Morgan fingerprint density at radius 3 is 3.06 bits per heavy atom. The molecule has 0 saturated carbocycles. The molecule has 1 amide bonds. The van der Waals surface area contributed by atoms with E-state index in [1.165, 1.54) is 18.6 Å². The van der Waals surface area contributed by atoms with Crippen LogP contribution in [0.3, 0.4) is 0 Å². The Balaban J connectivity index is 2.21. The van der Waals surface area contributed by atoms with Gasteiger partial charge in [-0.2, -0.15) is 11.8 Å². The minimum atomic E-state index is 0.172. The Morgan fingerprint density at radius 1 is 1.50 bits per heavy atom. The van der Waals surface area contributed by atoms with Crippen LogP contribution in [0, 0.1) is 5.92 Å². The number of amides is 1. The van der Waals surface area contributed by atoms with E-state index >= 15 is 0 Å². The first-order valence-corrected chi connectivity index (χ1v) is 8.36. The Morgan fingerprint density at radius 2 is 2.33 bits per heavy atom. The molecule has 0 spiro atoms. The van der Waals surface area contributed by atoms with Crippen LogP contribution in [0.15, 0.2) is 0 Å². The second-order valence-corrected chi connectivity index (χ2v) is 5.90. The molecule has 1 unspecified atom stereocenters. The Bertz CT molecular complexity index is 238. The number of thioether (sulfide) groups is 1.